The number of benzene rings is 2. The lowest BCUT2D eigenvalue weighted by Gasteiger charge is -2.08. The highest BCUT2D eigenvalue weighted by Gasteiger charge is 2.08. The summed E-state index contributed by atoms with van der Waals surface area (Å²) >= 11 is 5.96. The number of ether oxygens (including phenoxy) is 2. The van der Waals surface area contributed by atoms with Crippen LogP contribution in [0.3, 0.4) is 0 Å². The van der Waals surface area contributed by atoms with Crippen molar-refractivity contribution in [2.45, 2.75) is 12.8 Å². The first-order chi connectivity index (χ1) is 10.7. The number of oxazole rings is 1. The van der Waals surface area contributed by atoms with Gasteiger partial charge in [0, 0.05) is 11.4 Å². The van der Waals surface area contributed by atoms with E-state index in [-0.39, 0.29) is 0 Å². The zero-order chi connectivity index (χ0) is 15.5. The molecule has 0 amide bonds. The third-order valence-electron chi connectivity index (χ3n) is 3.47. The molecule has 0 bridgehead atoms. The summed E-state index contributed by atoms with van der Waals surface area (Å²) in [6.45, 7) is 0. The molecule has 0 N–H and O–H groups in total. The summed E-state index contributed by atoms with van der Waals surface area (Å²) in [5.74, 6) is 2.15. The molecule has 0 aliphatic heterocycles. The maximum absolute atomic E-state index is 5.96. The third kappa shape index (κ3) is 3.02. The molecule has 1 aromatic heterocycles. The molecular formula is C17H16ClNO3. The smallest absolute Gasteiger partial charge is 0.195 e. The minimum Gasteiger partial charge on any atom is -0.493 e. The number of aryl methyl sites for hydroxylation is 2. The summed E-state index contributed by atoms with van der Waals surface area (Å²) in [7, 11) is 3.26. The van der Waals surface area contributed by atoms with Crippen LogP contribution in [-0.2, 0) is 12.8 Å². The SMILES string of the molecule is COc1ccc(CCc2nc3cc(Cl)ccc3o2)cc1OC. The first-order valence-corrected chi connectivity index (χ1v) is 7.33. The van der Waals surface area contributed by atoms with Crippen molar-refractivity contribution in [1.82, 2.24) is 4.98 Å². The van der Waals surface area contributed by atoms with Crippen LogP contribution in [0.5, 0.6) is 11.5 Å². The zero-order valence-corrected chi connectivity index (χ0v) is 13.2. The molecular weight excluding hydrogens is 302 g/mol. The van der Waals surface area contributed by atoms with Gasteiger partial charge in [0.1, 0.15) is 5.52 Å². The predicted octanol–water partition coefficient (Wildman–Crippen LogP) is 4.28. The highest BCUT2D eigenvalue weighted by molar-refractivity contribution is 6.31. The molecule has 1 heterocycles. The molecule has 0 fully saturated rings. The van der Waals surface area contributed by atoms with Gasteiger partial charge in [-0.1, -0.05) is 17.7 Å². The topological polar surface area (TPSA) is 44.5 Å². The molecule has 114 valence electrons. The van der Waals surface area contributed by atoms with Crippen LogP contribution in [0.4, 0.5) is 0 Å². The van der Waals surface area contributed by atoms with Crippen molar-refractivity contribution in [3.8, 4) is 11.5 Å². The van der Waals surface area contributed by atoms with E-state index in [1.165, 1.54) is 0 Å². The molecule has 0 saturated heterocycles. The van der Waals surface area contributed by atoms with Crippen molar-refractivity contribution in [3.63, 3.8) is 0 Å². The summed E-state index contributed by atoms with van der Waals surface area (Å²) in [6, 6.07) is 11.3. The van der Waals surface area contributed by atoms with Gasteiger partial charge in [-0.2, -0.15) is 0 Å². The highest BCUT2D eigenvalue weighted by atomic mass is 35.5. The lowest BCUT2D eigenvalue weighted by Crippen LogP contribution is -1.95. The molecule has 4 nitrogen and oxygen atoms in total. The lowest BCUT2D eigenvalue weighted by atomic mass is 10.1. The average Bonchev–Trinajstić information content (AvgIpc) is 2.94. The number of nitrogens with zero attached hydrogens (tertiary/aromatic N) is 1. The predicted molar refractivity (Wildman–Crippen MR) is 86.0 cm³/mol. The number of aromatic nitrogens is 1. The molecule has 0 atom stereocenters. The van der Waals surface area contributed by atoms with Crippen LogP contribution in [0.15, 0.2) is 40.8 Å². The van der Waals surface area contributed by atoms with Crippen molar-refractivity contribution >= 4 is 22.7 Å². The van der Waals surface area contributed by atoms with Gasteiger partial charge in [-0.3, -0.25) is 0 Å². The lowest BCUT2D eigenvalue weighted by molar-refractivity contribution is 0.354. The summed E-state index contributed by atoms with van der Waals surface area (Å²) in [6.07, 6.45) is 1.52. The number of halogens is 1. The van der Waals surface area contributed by atoms with Crippen LogP contribution in [-0.4, -0.2) is 19.2 Å². The van der Waals surface area contributed by atoms with Crippen LogP contribution in [0.25, 0.3) is 11.1 Å². The van der Waals surface area contributed by atoms with E-state index in [0.717, 1.165) is 34.6 Å². The molecule has 0 radical (unpaired) electrons. The molecule has 2 aromatic carbocycles. The second-order valence-electron chi connectivity index (χ2n) is 4.91. The van der Waals surface area contributed by atoms with Crippen molar-refractivity contribution in [3.05, 3.63) is 52.9 Å². The Kier molecular flexibility index (Phi) is 4.20. The molecule has 3 rings (SSSR count). The minimum atomic E-state index is 0.659. The van der Waals surface area contributed by atoms with Crippen molar-refractivity contribution in [1.29, 1.82) is 0 Å². The molecule has 0 unspecified atom stereocenters. The van der Waals surface area contributed by atoms with E-state index >= 15 is 0 Å². The first-order valence-electron chi connectivity index (χ1n) is 6.95. The van der Waals surface area contributed by atoms with Gasteiger partial charge in [0.15, 0.2) is 23.0 Å². The fourth-order valence-corrected chi connectivity index (χ4v) is 2.51. The molecule has 0 aliphatic rings. The van der Waals surface area contributed by atoms with Crippen molar-refractivity contribution < 1.29 is 13.9 Å². The standard InChI is InChI=1S/C17H16ClNO3/c1-20-15-6-3-11(9-16(15)21-2)4-8-17-19-13-10-12(18)5-7-14(13)22-17/h3,5-7,9-10H,4,8H2,1-2H3. The fraction of sp³-hybridized carbons (Fsp3) is 0.235. The van der Waals surface area contributed by atoms with Gasteiger partial charge in [0.2, 0.25) is 0 Å². The Morgan fingerprint density at radius 2 is 1.82 bits per heavy atom. The van der Waals surface area contributed by atoms with Crippen LogP contribution >= 0.6 is 11.6 Å². The number of fused-ring (bicyclic) bond motifs is 1. The molecule has 0 spiro atoms. The Morgan fingerprint density at radius 1 is 1.00 bits per heavy atom. The largest absolute Gasteiger partial charge is 0.493 e. The first kappa shape index (κ1) is 14.7. The fourth-order valence-electron chi connectivity index (χ4n) is 2.34. The second kappa shape index (κ2) is 6.28. The van der Waals surface area contributed by atoms with Crippen LogP contribution in [0.1, 0.15) is 11.5 Å². The summed E-state index contributed by atoms with van der Waals surface area (Å²) < 4.78 is 16.3. The van der Waals surface area contributed by atoms with Crippen molar-refractivity contribution in [2.24, 2.45) is 0 Å². The normalized spacial score (nSPS) is 10.9. The Hall–Kier alpha value is -2.20. The van der Waals surface area contributed by atoms with Gasteiger partial charge >= 0.3 is 0 Å². The molecule has 22 heavy (non-hydrogen) atoms. The van der Waals surface area contributed by atoms with Gasteiger partial charge < -0.3 is 13.9 Å². The summed E-state index contributed by atoms with van der Waals surface area (Å²) in [5.41, 5.74) is 2.68. The van der Waals surface area contributed by atoms with Gasteiger partial charge in [-0.05, 0) is 42.3 Å². The van der Waals surface area contributed by atoms with E-state index in [4.69, 9.17) is 25.5 Å². The van der Waals surface area contributed by atoms with Crippen molar-refractivity contribution in [2.75, 3.05) is 14.2 Å². The van der Waals surface area contributed by atoms with Gasteiger partial charge in [-0.25, -0.2) is 4.98 Å². The van der Waals surface area contributed by atoms with Gasteiger partial charge in [0.25, 0.3) is 0 Å². The Bertz CT molecular complexity index is 798. The van der Waals surface area contributed by atoms with E-state index < -0.39 is 0 Å². The third-order valence-corrected chi connectivity index (χ3v) is 3.70. The Labute approximate surface area is 133 Å². The monoisotopic (exact) mass is 317 g/mol. The number of methoxy groups -OCH3 is 2. The second-order valence-corrected chi connectivity index (χ2v) is 5.35. The van der Waals surface area contributed by atoms with Crippen LogP contribution in [0.2, 0.25) is 5.02 Å². The Morgan fingerprint density at radius 3 is 2.59 bits per heavy atom. The highest BCUT2D eigenvalue weighted by Crippen LogP contribution is 2.28. The Balaban J connectivity index is 1.76. The number of rotatable bonds is 5. The molecule has 0 saturated carbocycles. The van der Waals surface area contributed by atoms with Crippen LogP contribution < -0.4 is 9.47 Å². The summed E-state index contributed by atoms with van der Waals surface area (Å²) in [4.78, 5) is 4.46. The molecule has 5 heteroatoms. The van der Waals surface area contributed by atoms with E-state index in [1.54, 1.807) is 26.4 Å². The van der Waals surface area contributed by atoms with E-state index in [9.17, 15) is 0 Å². The van der Waals surface area contributed by atoms with Crippen LogP contribution in [0, 0.1) is 0 Å². The summed E-state index contributed by atoms with van der Waals surface area (Å²) in [5, 5.41) is 0.659. The maximum atomic E-state index is 5.96. The minimum absolute atomic E-state index is 0.659. The van der Waals surface area contributed by atoms with E-state index in [0.29, 0.717) is 17.3 Å². The van der Waals surface area contributed by atoms with E-state index in [2.05, 4.69) is 4.98 Å². The number of hydrogen-bond acceptors (Lipinski definition) is 4. The van der Waals surface area contributed by atoms with Gasteiger partial charge in [-0.15, -0.1) is 0 Å². The van der Waals surface area contributed by atoms with E-state index in [1.807, 2.05) is 24.3 Å². The molecule has 3 aromatic rings. The molecule has 0 aliphatic carbocycles. The average molecular weight is 318 g/mol. The quantitative estimate of drug-likeness (QED) is 0.704. The maximum Gasteiger partial charge on any atom is 0.195 e. The van der Waals surface area contributed by atoms with Gasteiger partial charge in [0.05, 0.1) is 14.2 Å². The zero-order valence-electron chi connectivity index (χ0n) is 12.4. The number of hydrogen-bond donors (Lipinski definition) is 0.